The fraction of sp³-hybridized carbons (Fsp3) is 0.375. The average Bonchev–Trinajstić information content (AvgIpc) is 3.16. The van der Waals surface area contributed by atoms with Crippen LogP contribution in [-0.2, 0) is 18.4 Å². The van der Waals surface area contributed by atoms with E-state index in [0.29, 0.717) is 30.0 Å². The number of aryl methyl sites for hydroxylation is 2. The highest BCUT2D eigenvalue weighted by Crippen LogP contribution is 2.39. The van der Waals surface area contributed by atoms with E-state index in [2.05, 4.69) is 44.0 Å². The molecule has 0 fully saturated rings. The van der Waals surface area contributed by atoms with Crippen molar-refractivity contribution in [2.45, 2.75) is 46.1 Å². The molecule has 6 heteroatoms. The lowest BCUT2D eigenvalue weighted by Gasteiger charge is -2.28. The molecule has 0 bridgehead atoms. The monoisotopic (exact) mass is 447 g/mol. The maximum atomic E-state index is 6.57. The zero-order chi connectivity index (χ0) is 21.7. The van der Waals surface area contributed by atoms with Gasteiger partial charge < -0.3 is 13.9 Å². The number of ether oxygens (including phenoxy) is 2. The Morgan fingerprint density at radius 3 is 2.40 bits per heavy atom. The van der Waals surface area contributed by atoms with Crippen LogP contribution in [0.5, 0.6) is 11.5 Å². The second-order valence-electron chi connectivity index (χ2n) is 7.66. The highest BCUT2D eigenvalue weighted by molar-refractivity contribution is 6.32. The van der Waals surface area contributed by atoms with Crippen molar-refractivity contribution >= 4 is 23.2 Å². The number of alkyl halides is 1. The van der Waals surface area contributed by atoms with Crippen LogP contribution >= 0.6 is 23.2 Å². The first-order valence-electron chi connectivity index (χ1n) is 10.0. The second-order valence-corrected chi connectivity index (χ2v) is 8.44. The summed E-state index contributed by atoms with van der Waals surface area (Å²) < 4.78 is 16.9. The Balaban J connectivity index is 1.79. The maximum absolute atomic E-state index is 6.57. The van der Waals surface area contributed by atoms with Crippen molar-refractivity contribution in [3.05, 3.63) is 76.0 Å². The fourth-order valence-electron chi connectivity index (χ4n) is 3.32. The van der Waals surface area contributed by atoms with Crippen LogP contribution in [0.25, 0.3) is 0 Å². The van der Waals surface area contributed by atoms with E-state index in [1.54, 1.807) is 6.26 Å². The Morgan fingerprint density at radius 1 is 1.07 bits per heavy atom. The number of oxazole rings is 1. The molecule has 0 aliphatic rings. The minimum absolute atomic E-state index is 0.239. The van der Waals surface area contributed by atoms with Gasteiger partial charge in [0.05, 0.1) is 16.6 Å². The molecule has 1 heterocycles. The summed E-state index contributed by atoms with van der Waals surface area (Å²) in [6, 6.07) is 12.2. The molecule has 0 amide bonds. The van der Waals surface area contributed by atoms with Crippen LogP contribution in [0.4, 0.5) is 0 Å². The van der Waals surface area contributed by atoms with E-state index in [9.17, 15) is 0 Å². The molecule has 4 nitrogen and oxygen atoms in total. The first-order valence-corrected chi connectivity index (χ1v) is 10.9. The maximum Gasteiger partial charge on any atom is 0.232 e. The van der Waals surface area contributed by atoms with Crippen molar-refractivity contribution in [3.63, 3.8) is 0 Å². The van der Waals surface area contributed by atoms with E-state index in [-0.39, 0.29) is 5.41 Å². The third-order valence-electron chi connectivity index (χ3n) is 5.15. The van der Waals surface area contributed by atoms with Gasteiger partial charge in [-0.2, -0.15) is 0 Å². The van der Waals surface area contributed by atoms with E-state index in [1.165, 1.54) is 0 Å². The van der Waals surface area contributed by atoms with Crippen molar-refractivity contribution in [1.29, 1.82) is 0 Å². The number of hydrogen-bond donors (Lipinski definition) is 0. The van der Waals surface area contributed by atoms with E-state index < -0.39 is 0 Å². The van der Waals surface area contributed by atoms with Gasteiger partial charge in [-0.05, 0) is 48.2 Å². The van der Waals surface area contributed by atoms with E-state index in [1.807, 2.05) is 25.1 Å². The van der Waals surface area contributed by atoms with Gasteiger partial charge in [-0.25, -0.2) is 4.98 Å². The van der Waals surface area contributed by atoms with Crippen molar-refractivity contribution in [2.24, 2.45) is 0 Å². The molecule has 3 rings (SSSR count). The molecule has 0 radical (unpaired) electrons. The molecule has 0 unspecified atom stereocenters. The first-order chi connectivity index (χ1) is 14.3. The summed E-state index contributed by atoms with van der Waals surface area (Å²) in [6.07, 6.45) is 2.44. The van der Waals surface area contributed by atoms with Crippen LogP contribution in [0, 0.1) is 6.92 Å². The number of rotatable bonds is 9. The number of benzene rings is 2. The van der Waals surface area contributed by atoms with Crippen LogP contribution < -0.4 is 9.47 Å². The van der Waals surface area contributed by atoms with Gasteiger partial charge in [-0.1, -0.05) is 50.6 Å². The number of aromatic nitrogens is 1. The van der Waals surface area contributed by atoms with Gasteiger partial charge in [-0.3, -0.25) is 0 Å². The first kappa shape index (κ1) is 22.5. The summed E-state index contributed by atoms with van der Waals surface area (Å²) in [5, 5.41) is 0.615. The van der Waals surface area contributed by atoms with Gasteiger partial charge in [0.1, 0.15) is 24.4 Å². The minimum atomic E-state index is -0.239. The molecular weight excluding hydrogens is 421 g/mol. The lowest BCUT2D eigenvalue weighted by Crippen LogP contribution is -2.19. The number of hydrogen-bond acceptors (Lipinski definition) is 4. The van der Waals surface area contributed by atoms with Crippen LogP contribution in [0.3, 0.4) is 0 Å². The molecule has 160 valence electrons. The van der Waals surface area contributed by atoms with Crippen LogP contribution in [-0.4, -0.2) is 17.5 Å². The third kappa shape index (κ3) is 5.11. The third-order valence-corrected chi connectivity index (χ3v) is 5.59. The van der Waals surface area contributed by atoms with Crippen LogP contribution in [0.1, 0.15) is 49.0 Å². The van der Waals surface area contributed by atoms with Gasteiger partial charge in [-0.15, -0.1) is 11.6 Å². The lowest BCUT2D eigenvalue weighted by atomic mass is 9.77. The average molecular weight is 448 g/mol. The molecular formula is C24H27Cl2NO3. The van der Waals surface area contributed by atoms with Crippen molar-refractivity contribution < 1.29 is 13.9 Å². The van der Waals surface area contributed by atoms with Gasteiger partial charge in [0.15, 0.2) is 6.61 Å². The molecule has 0 spiro atoms. The van der Waals surface area contributed by atoms with Crippen molar-refractivity contribution in [2.75, 3.05) is 12.5 Å². The molecule has 0 aliphatic heterocycles. The smallest absolute Gasteiger partial charge is 0.232 e. The Bertz CT molecular complexity index is 981. The topological polar surface area (TPSA) is 44.5 Å². The highest BCUT2D eigenvalue weighted by Gasteiger charge is 2.25. The lowest BCUT2D eigenvalue weighted by molar-refractivity contribution is 0.263. The molecule has 0 N–H and O–H groups in total. The highest BCUT2D eigenvalue weighted by atomic mass is 35.5. The Labute approximate surface area is 188 Å². The molecule has 0 aliphatic carbocycles. The summed E-state index contributed by atoms with van der Waals surface area (Å²) in [4.78, 5) is 4.25. The molecule has 0 saturated heterocycles. The molecule has 0 saturated carbocycles. The van der Waals surface area contributed by atoms with Gasteiger partial charge in [0.25, 0.3) is 0 Å². The van der Waals surface area contributed by atoms with Gasteiger partial charge >= 0.3 is 0 Å². The largest absolute Gasteiger partial charge is 0.490 e. The Hall–Kier alpha value is -2.17. The Kier molecular flexibility index (Phi) is 7.32. The molecule has 30 heavy (non-hydrogen) atoms. The molecule has 1 aromatic heterocycles. The summed E-state index contributed by atoms with van der Waals surface area (Å²) in [7, 11) is 0. The summed E-state index contributed by atoms with van der Waals surface area (Å²) in [5.41, 5.74) is 3.98. The zero-order valence-corrected chi connectivity index (χ0v) is 19.3. The second kappa shape index (κ2) is 9.76. The predicted molar refractivity (Wildman–Crippen MR) is 121 cm³/mol. The Morgan fingerprint density at radius 2 is 1.80 bits per heavy atom. The van der Waals surface area contributed by atoms with E-state index in [4.69, 9.17) is 37.1 Å². The number of halogens is 2. The summed E-state index contributed by atoms with van der Waals surface area (Å²) in [5.74, 6) is 2.49. The standard InChI is InChI=1S/C24H27Cl2NO3/c1-5-17-12-19(13-21(26)23(17)28-11-10-25)24(3,4)18-6-8-20(9-7-18)29-15-22-27-16(2)14-30-22/h6-9,12-14H,5,10-11,15H2,1-4H3. The summed E-state index contributed by atoms with van der Waals surface area (Å²) in [6.45, 7) is 9.08. The molecule has 0 atom stereocenters. The SMILES string of the molecule is CCc1cc(C(C)(C)c2ccc(OCc3nc(C)co3)cc2)cc(Cl)c1OCCCl. The minimum Gasteiger partial charge on any atom is -0.490 e. The van der Waals surface area contributed by atoms with E-state index >= 15 is 0 Å². The van der Waals surface area contributed by atoms with E-state index in [0.717, 1.165) is 40.3 Å². The van der Waals surface area contributed by atoms with Crippen LogP contribution in [0.15, 0.2) is 47.1 Å². The zero-order valence-electron chi connectivity index (χ0n) is 17.8. The van der Waals surface area contributed by atoms with Crippen molar-refractivity contribution in [1.82, 2.24) is 4.98 Å². The summed E-state index contributed by atoms with van der Waals surface area (Å²) >= 11 is 12.3. The van der Waals surface area contributed by atoms with Gasteiger partial charge in [0, 0.05) is 5.41 Å². The predicted octanol–water partition coefficient (Wildman–Crippen LogP) is 6.72. The fourth-order valence-corrected chi connectivity index (χ4v) is 3.70. The molecule has 3 aromatic rings. The van der Waals surface area contributed by atoms with Crippen LogP contribution in [0.2, 0.25) is 5.02 Å². The normalized spacial score (nSPS) is 11.5. The van der Waals surface area contributed by atoms with Crippen molar-refractivity contribution in [3.8, 4) is 11.5 Å². The van der Waals surface area contributed by atoms with Gasteiger partial charge in [0.2, 0.25) is 5.89 Å². The molecule has 2 aromatic carbocycles. The number of nitrogens with zero attached hydrogens (tertiary/aromatic N) is 1. The quantitative estimate of drug-likeness (QED) is 0.341.